The predicted molar refractivity (Wildman–Crippen MR) is 127 cm³/mol. The van der Waals surface area contributed by atoms with Crippen molar-refractivity contribution in [1.29, 1.82) is 0 Å². The van der Waals surface area contributed by atoms with Gasteiger partial charge in [-0.3, -0.25) is 9.46 Å². The smallest absolute Gasteiger partial charge is 0.362 e. The lowest BCUT2D eigenvalue weighted by molar-refractivity contribution is -0.0274. The molecule has 32 heavy (non-hydrogen) atoms. The zero-order valence-electron chi connectivity index (χ0n) is 20.0. The van der Waals surface area contributed by atoms with Crippen LogP contribution >= 0.6 is 7.60 Å². The molecular formula is C24H36NO6P. The van der Waals surface area contributed by atoms with E-state index in [4.69, 9.17) is 14.2 Å². The van der Waals surface area contributed by atoms with Crippen molar-refractivity contribution < 1.29 is 28.6 Å². The van der Waals surface area contributed by atoms with Gasteiger partial charge in [-0.2, -0.15) is 0 Å². The van der Waals surface area contributed by atoms with E-state index in [1.807, 2.05) is 45.0 Å². The Morgan fingerprint density at radius 1 is 0.906 bits per heavy atom. The van der Waals surface area contributed by atoms with Gasteiger partial charge in [0.15, 0.2) is 13.1 Å². The van der Waals surface area contributed by atoms with Gasteiger partial charge < -0.3 is 24.0 Å². The highest BCUT2D eigenvalue weighted by molar-refractivity contribution is 7.51. The zero-order chi connectivity index (χ0) is 23.9. The summed E-state index contributed by atoms with van der Waals surface area (Å²) in [4.78, 5) is 20.5. The van der Waals surface area contributed by atoms with E-state index in [1.165, 1.54) is 5.56 Å². The Bertz CT molecular complexity index is 905. The molecule has 0 aliphatic carbocycles. The van der Waals surface area contributed by atoms with Crippen molar-refractivity contribution in [3.63, 3.8) is 0 Å². The van der Waals surface area contributed by atoms with E-state index in [9.17, 15) is 14.4 Å². The summed E-state index contributed by atoms with van der Waals surface area (Å²) in [5.74, 6) is 1.38. The second kappa shape index (κ2) is 11.8. The van der Waals surface area contributed by atoms with Crippen molar-refractivity contribution in [2.45, 2.75) is 47.0 Å². The summed E-state index contributed by atoms with van der Waals surface area (Å²) in [7, 11) is -0.387. The molecule has 0 spiro atoms. The first kappa shape index (κ1) is 26.4. The highest BCUT2D eigenvalue weighted by Gasteiger charge is 2.22. The van der Waals surface area contributed by atoms with E-state index in [0.717, 1.165) is 52.8 Å². The quantitative estimate of drug-likeness (QED) is 0.273. The van der Waals surface area contributed by atoms with Gasteiger partial charge in [-0.05, 0) is 92.7 Å². The zero-order valence-corrected chi connectivity index (χ0v) is 20.9. The Hall–Kier alpha value is -1.89. The van der Waals surface area contributed by atoms with Crippen LogP contribution in [0.15, 0.2) is 24.3 Å². The van der Waals surface area contributed by atoms with Gasteiger partial charge in [-0.15, -0.1) is 0 Å². The third kappa shape index (κ3) is 7.32. The lowest BCUT2D eigenvalue weighted by Gasteiger charge is -2.23. The summed E-state index contributed by atoms with van der Waals surface area (Å²) in [5.41, 5.74) is 6.62. The molecule has 2 aromatic rings. The van der Waals surface area contributed by atoms with Crippen LogP contribution in [0.4, 0.5) is 0 Å². The minimum Gasteiger partial charge on any atom is -0.480 e. The number of rotatable bonds is 12. The van der Waals surface area contributed by atoms with Gasteiger partial charge in [-0.1, -0.05) is 26.0 Å². The fourth-order valence-corrected chi connectivity index (χ4v) is 4.14. The van der Waals surface area contributed by atoms with E-state index >= 15 is 0 Å². The average Bonchev–Trinajstić information content (AvgIpc) is 2.73. The SMILES string of the molecule is CCc1c(C)c(Cc2ccc(OCOCN(C)C)cc2)c(C)c(CC)c1OCP(=O)(O)O. The first-order chi connectivity index (χ1) is 15.1. The lowest BCUT2D eigenvalue weighted by Crippen LogP contribution is -2.18. The van der Waals surface area contributed by atoms with E-state index in [0.29, 0.717) is 12.5 Å². The second-order valence-electron chi connectivity index (χ2n) is 8.16. The average molecular weight is 466 g/mol. The fraction of sp³-hybridized carbons (Fsp3) is 0.500. The van der Waals surface area contributed by atoms with Crippen molar-refractivity contribution >= 4 is 7.60 Å². The summed E-state index contributed by atoms with van der Waals surface area (Å²) in [6.45, 7) is 8.90. The molecule has 0 saturated heterocycles. The summed E-state index contributed by atoms with van der Waals surface area (Å²) in [6, 6.07) is 7.99. The van der Waals surface area contributed by atoms with Crippen LogP contribution in [0.1, 0.15) is 47.2 Å². The molecule has 0 aliphatic rings. The number of ether oxygens (including phenoxy) is 3. The maximum atomic E-state index is 11.4. The van der Waals surface area contributed by atoms with E-state index < -0.39 is 13.9 Å². The number of benzene rings is 2. The first-order valence-electron chi connectivity index (χ1n) is 10.8. The van der Waals surface area contributed by atoms with Crippen LogP contribution in [-0.2, 0) is 28.6 Å². The Morgan fingerprint density at radius 2 is 1.47 bits per heavy atom. The van der Waals surface area contributed by atoms with Crippen molar-refractivity contribution in [2.24, 2.45) is 0 Å². The Labute approximate surface area is 191 Å². The fourth-order valence-electron chi connectivity index (χ4n) is 3.84. The molecule has 0 amide bonds. The van der Waals surface area contributed by atoms with Crippen LogP contribution < -0.4 is 9.47 Å². The first-order valence-corrected chi connectivity index (χ1v) is 12.6. The number of nitrogens with zero attached hydrogens (tertiary/aromatic N) is 1. The van der Waals surface area contributed by atoms with Gasteiger partial charge in [0, 0.05) is 0 Å². The summed E-state index contributed by atoms with van der Waals surface area (Å²) < 4.78 is 28.1. The molecule has 2 rings (SSSR count). The van der Waals surface area contributed by atoms with Crippen LogP contribution in [0.25, 0.3) is 0 Å². The minimum atomic E-state index is -4.25. The number of hydrogen-bond acceptors (Lipinski definition) is 5. The van der Waals surface area contributed by atoms with Gasteiger partial charge in [0.2, 0.25) is 0 Å². The molecule has 2 N–H and O–H groups in total. The molecule has 0 aliphatic heterocycles. The maximum absolute atomic E-state index is 11.4. The van der Waals surface area contributed by atoms with Crippen LogP contribution in [-0.4, -0.2) is 48.7 Å². The molecule has 2 aromatic carbocycles. The Morgan fingerprint density at radius 3 is 1.94 bits per heavy atom. The molecule has 8 heteroatoms. The molecule has 0 radical (unpaired) electrons. The van der Waals surface area contributed by atoms with Crippen LogP contribution in [0.2, 0.25) is 0 Å². The Balaban J connectivity index is 2.25. The van der Waals surface area contributed by atoms with Gasteiger partial charge >= 0.3 is 7.60 Å². The van der Waals surface area contributed by atoms with Crippen LogP contribution in [0.3, 0.4) is 0 Å². The van der Waals surface area contributed by atoms with Crippen molar-refractivity contribution in [2.75, 3.05) is 34.0 Å². The number of hydrogen-bond donors (Lipinski definition) is 2. The van der Waals surface area contributed by atoms with Crippen molar-refractivity contribution in [3.05, 3.63) is 57.6 Å². The minimum absolute atomic E-state index is 0.200. The molecule has 0 bridgehead atoms. The maximum Gasteiger partial charge on any atom is 0.362 e. The molecular weight excluding hydrogens is 429 g/mol. The molecule has 0 aromatic heterocycles. The van der Waals surface area contributed by atoms with Crippen molar-refractivity contribution in [3.8, 4) is 11.5 Å². The van der Waals surface area contributed by atoms with E-state index in [2.05, 4.69) is 26.0 Å². The van der Waals surface area contributed by atoms with Gasteiger partial charge in [0.25, 0.3) is 0 Å². The standard InChI is InChI=1S/C24H36NO6P/c1-7-21-17(3)23(18(4)22(8-2)24(21)31-16-32(26,27)28)13-19-9-11-20(12-10-19)30-15-29-14-25(5)6/h9-12H,7-8,13-16H2,1-6H3,(H2,26,27,28). The molecule has 178 valence electrons. The largest absolute Gasteiger partial charge is 0.480 e. The predicted octanol–water partition coefficient (Wildman–Crippen LogP) is 4.41. The van der Waals surface area contributed by atoms with Crippen LogP contribution in [0.5, 0.6) is 11.5 Å². The topological polar surface area (TPSA) is 88.5 Å². The van der Waals surface area contributed by atoms with Crippen molar-refractivity contribution in [1.82, 2.24) is 4.90 Å². The normalized spacial score (nSPS) is 11.8. The molecule has 0 fully saturated rings. The summed E-state index contributed by atoms with van der Waals surface area (Å²) >= 11 is 0. The highest BCUT2D eigenvalue weighted by atomic mass is 31.2. The van der Waals surface area contributed by atoms with E-state index in [1.54, 1.807) is 0 Å². The lowest BCUT2D eigenvalue weighted by atomic mass is 9.86. The molecule has 7 nitrogen and oxygen atoms in total. The van der Waals surface area contributed by atoms with Crippen LogP contribution in [0, 0.1) is 13.8 Å². The molecule has 0 atom stereocenters. The summed E-state index contributed by atoms with van der Waals surface area (Å²) in [5, 5.41) is 0. The molecule has 0 heterocycles. The third-order valence-electron chi connectivity index (χ3n) is 5.41. The van der Waals surface area contributed by atoms with Gasteiger partial charge in [0.1, 0.15) is 18.2 Å². The van der Waals surface area contributed by atoms with Gasteiger partial charge in [-0.25, -0.2) is 0 Å². The second-order valence-corrected chi connectivity index (χ2v) is 9.74. The highest BCUT2D eigenvalue weighted by Crippen LogP contribution is 2.40. The van der Waals surface area contributed by atoms with E-state index in [-0.39, 0.29) is 6.79 Å². The molecule has 0 saturated carbocycles. The monoisotopic (exact) mass is 465 g/mol. The summed E-state index contributed by atoms with van der Waals surface area (Å²) in [6.07, 6.45) is 1.60. The third-order valence-corrected chi connectivity index (χ3v) is 5.87. The Kier molecular flexibility index (Phi) is 9.74. The van der Waals surface area contributed by atoms with Gasteiger partial charge in [0.05, 0.1) is 0 Å². The molecule has 0 unspecified atom stereocenters.